The summed E-state index contributed by atoms with van der Waals surface area (Å²) < 4.78 is 0. The van der Waals surface area contributed by atoms with Crippen molar-refractivity contribution < 1.29 is 4.79 Å². The van der Waals surface area contributed by atoms with Gasteiger partial charge in [-0.25, -0.2) is 0 Å². The van der Waals surface area contributed by atoms with Gasteiger partial charge in [-0.1, -0.05) is 6.08 Å². The number of carbonyl (C=O) groups excluding carboxylic acids is 1. The van der Waals surface area contributed by atoms with Gasteiger partial charge in [0.1, 0.15) is 0 Å². The lowest BCUT2D eigenvalue weighted by atomic mass is 10.1. The van der Waals surface area contributed by atoms with Crippen LogP contribution >= 0.6 is 0 Å². The summed E-state index contributed by atoms with van der Waals surface area (Å²) in [6, 6.07) is 0.315. The molecule has 1 fully saturated rings. The molecule has 1 N–H and O–H groups in total. The molecule has 92 valence electrons. The number of rotatable bonds is 4. The molecular formula is C12H23N3O. The van der Waals surface area contributed by atoms with Crippen molar-refractivity contribution in [3.05, 3.63) is 12.2 Å². The predicted octanol–water partition coefficient (Wildman–Crippen LogP) is 0.315. The van der Waals surface area contributed by atoms with Crippen molar-refractivity contribution in [2.45, 2.75) is 18.9 Å². The molecule has 0 unspecified atom stereocenters. The third-order valence-corrected chi connectivity index (χ3v) is 2.71. The van der Waals surface area contributed by atoms with Crippen molar-refractivity contribution in [2.24, 2.45) is 0 Å². The Balaban J connectivity index is 2.25. The van der Waals surface area contributed by atoms with Crippen molar-refractivity contribution >= 4 is 5.91 Å². The van der Waals surface area contributed by atoms with Gasteiger partial charge in [-0.05, 0) is 40.5 Å². The van der Waals surface area contributed by atoms with Crippen LogP contribution in [0.1, 0.15) is 12.8 Å². The molecule has 0 radical (unpaired) electrons. The summed E-state index contributed by atoms with van der Waals surface area (Å²) in [5, 5.41) is 3.04. The molecule has 4 heteroatoms. The molecule has 0 aromatic carbocycles. The molecule has 0 aromatic heterocycles. The summed E-state index contributed by atoms with van der Waals surface area (Å²) >= 11 is 0. The molecule has 1 amide bonds. The maximum Gasteiger partial charge on any atom is 0.243 e. The monoisotopic (exact) mass is 225 g/mol. The molecule has 16 heavy (non-hydrogen) atoms. The first-order chi connectivity index (χ1) is 7.58. The van der Waals surface area contributed by atoms with E-state index < -0.39 is 0 Å². The van der Waals surface area contributed by atoms with E-state index in [-0.39, 0.29) is 5.91 Å². The van der Waals surface area contributed by atoms with Gasteiger partial charge in [0.05, 0.1) is 0 Å². The highest BCUT2D eigenvalue weighted by Gasteiger charge is 2.17. The van der Waals surface area contributed by atoms with Crippen LogP contribution in [0.25, 0.3) is 0 Å². The van der Waals surface area contributed by atoms with Crippen molar-refractivity contribution in [1.29, 1.82) is 0 Å². The smallest absolute Gasteiger partial charge is 0.243 e. The van der Waals surface area contributed by atoms with Crippen molar-refractivity contribution in [3.63, 3.8) is 0 Å². The van der Waals surface area contributed by atoms with Crippen LogP contribution in [-0.4, -0.2) is 62.5 Å². The van der Waals surface area contributed by atoms with E-state index in [1.807, 2.05) is 25.1 Å². The molecule has 0 aromatic rings. The van der Waals surface area contributed by atoms with Crippen LogP contribution in [0.5, 0.6) is 0 Å². The highest BCUT2D eigenvalue weighted by molar-refractivity contribution is 5.87. The molecule has 1 aliphatic heterocycles. The molecule has 0 saturated carbocycles. The zero-order chi connectivity index (χ0) is 12.0. The van der Waals surface area contributed by atoms with E-state index in [1.54, 1.807) is 6.08 Å². The Hall–Kier alpha value is -0.870. The minimum Gasteiger partial charge on any atom is -0.349 e. The third kappa shape index (κ3) is 5.28. The summed E-state index contributed by atoms with van der Waals surface area (Å²) in [5.74, 6) is 0.0298. The third-order valence-electron chi connectivity index (χ3n) is 2.71. The Morgan fingerprint density at radius 1 is 1.56 bits per heavy atom. The Morgan fingerprint density at radius 2 is 2.31 bits per heavy atom. The normalized spacial score (nSPS) is 22.9. The Morgan fingerprint density at radius 3 is 2.94 bits per heavy atom. The topological polar surface area (TPSA) is 35.6 Å². The Bertz CT molecular complexity index is 251. The number of hydrogen-bond donors (Lipinski definition) is 1. The summed E-state index contributed by atoms with van der Waals surface area (Å²) in [6.07, 6.45) is 5.79. The largest absolute Gasteiger partial charge is 0.349 e. The number of piperidine rings is 1. The van der Waals surface area contributed by atoms with Gasteiger partial charge in [-0.2, -0.15) is 0 Å². The summed E-state index contributed by atoms with van der Waals surface area (Å²) in [6.45, 7) is 2.91. The van der Waals surface area contributed by atoms with E-state index in [4.69, 9.17) is 0 Å². The minimum atomic E-state index is 0.0298. The first-order valence-corrected chi connectivity index (χ1v) is 5.88. The quantitative estimate of drug-likeness (QED) is 0.700. The number of likely N-dealkylation sites (N-methyl/N-ethyl adjacent to an activating group) is 2. The van der Waals surface area contributed by atoms with E-state index in [0.29, 0.717) is 6.04 Å². The standard InChI is InChI=1S/C12H23N3O/c1-14(2)8-5-7-12(16)13-11-6-4-9-15(3)10-11/h5,7,11H,4,6,8-10H2,1-3H3,(H,13,16)/b7-5+/t11-/m1/s1. The fourth-order valence-electron chi connectivity index (χ4n) is 1.90. The molecule has 4 nitrogen and oxygen atoms in total. The average Bonchev–Trinajstić information content (AvgIpc) is 2.16. The highest BCUT2D eigenvalue weighted by atomic mass is 16.1. The number of nitrogens with one attached hydrogen (secondary N) is 1. The molecule has 1 saturated heterocycles. The lowest BCUT2D eigenvalue weighted by molar-refractivity contribution is -0.117. The van der Waals surface area contributed by atoms with Crippen LogP contribution in [0.4, 0.5) is 0 Å². The van der Waals surface area contributed by atoms with Crippen LogP contribution in [0.3, 0.4) is 0 Å². The lowest BCUT2D eigenvalue weighted by Gasteiger charge is -2.29. The van der Waals surface area contributed by atoms with Gasteiger partial charge in [0.25, 0.3) is 0 Å². The predicted molar refractivity (Wildman–Crippen MR) is 66.4 cm³/mol. The van der Waals surface area contributed by atoms with Crippen LogP contribution in [0.15, 0.2) is 12.2 Å². The van der Waals surface area contributed by atoms with E-state index in [0.717, 1.165) is 26.1 Å². The number of likely N-dealkylation sites (tertiary alicyclic amines) is 1. The van der Waals surface area contributed by atoms with Crippen LogP contribution in [-0.2, 0) is 4.79 Å². The number of amides is 1. The first-order valence-electron chi connectivity index (χ1n) is 5.88. The van der Waals surface area contributed by atoms with Crippen LogP contribution in [0, 0.1) is 0 Å². The maximum atomic E-state index is 11.6. The van der Waals surface area contributed by atoms with E-state index >= 15 is 0 Å². The van der Waals surface area contributed by atoms with Crippen molar-refractivity contribution in [3.8, 4) is 0 Å². The van der Waals surface area contributed by atoms with E-state index in [2.05, 4.69) is 17.3 Å². The van der Waals surface area contributed by atoms with Crippen molar-refractivity contribution in [1.82, 2.24) is 15.1 Å². The fraction of sp³-hybridized carbons (Fsp3) is 0.750. The zero-order valence-electron chi connectivity index (χ0n) is 10.6. The highest BCUT2D eigenvalue weighted by Crippen LogP contribution is 2.07. The van der Waals surface area contributed by atoms with Gasteiger partial charge in [-0.3, -0.25) is 4.79 Å². The SMILES string of the molecule is CN(C)C/C=C/C(=O)N[C@@H]1CCCN(C)C1. The second kappa shape index (κ2) is 6.66. The van der Waals surface area contributed by atoms with Crippen LogP contribution < -0.4 is 5.32 Å². The number of carbonyl (C=O) groups is 1. The van der Waals surface area contributed by atoms with Gasteiger partial charge < -0.3 is 15.1 Å². The molecule has 1 atom stereocenters. The molecule has 0 spiro atoms. The summed E-state index contributed by atoms with van der Waals surface area (Å²) in [4.78, 5) is 15.9. The summed E-state index contributed by atoms with van der Waals surface area (Å²) in [7, 11) is 6.07. The van der Waals surface area contributed by atoms with Gasteiger partial charge in [0.2, 0.25) is 5.91 Å². The second-order valence-electron chi connectivity index (χ2n) is 4.77. The fourth-order valence-corrected chi connectivity index (χ4v) is 1.90. The molecule has 1 aliphatic rings. The van der Waals surface area contributed by atoms with Crippen LogP contribution in [0.2, 0.25) is 0 Å². The van der Waals surface area contributed by atoms with Gasteiger partial charge in [0, 0.05) is 25.2 Å². The molecule has 0 aliphatic carbocycles. The average molecular weight is 225 g/mol. The molecule has 0 bridgehead atoms. The van der Waals surface area contributed by atoms with Gasteiger partial charge in [-0.15, -0.1) is 0 Å². The first kappa shape index (κ1) is 13.2. The summed E-state index contributed by atoms with van der Waals surface area (Å²) in [5.41, 5.74) is 0. The zero-order valence-corrected chi connectivity index (χ0v) is 10.6. The van der Waals surface area contributed by atoms with Gasteiger partial charge >= 0.3 is 0 Å². The molecule has 1 rings (SSSR count). The number of hydrogen-bond acceptors (Lipinski definition) is 3. The Labute approximate surface area is 98.3 Å². The lowest BCUT2D eigenvalue weighted by Crippen LogP contribution is -2.45. The van der Waals surface area contributed by atoms with Gasteiger partial charge in [0.15, 0.2) is 0 Å². The molecule has 1 heterocycles. The van der Waals surface area contributed by atoms with E-state index in [1.165, 1.54) is 6.42 Å². The van der Waals surface area contributed by atoms with E-state index in [9.17, 15) is 4.79 Å². The second-order valence-corrected chi connectivity index (χ2v) is 4.77. The Kier molecular flexibility index (Phi) is 5.49. The maximum absolute atomic E-state index is 11.6. The number of nitrogens with zero attached hydrogens (tertiary/aromatic N) is 2. The minimum absolute atomic E-state index is 0.0298. The molecular weight excluding hydrogens is 202 g/mol. The van der Waals surface area contributed by atoms with Crippen molar-refractivity contribution in [2.75, 3.05) is 40.8 Å².